The van der Waals surface area contributed by atoms with E-state index in [9.17, 15) is 0 Å². The van der Waals surface area contributed by atoms with Gasteiger partial charge in [0.15, 0.2) is 0 Å². The maximum absolute atomic E-state index is 5.25. The van der Waals surface area contributed by atoms with Crippen LogP contribution in [0.15, 0.2) is 17.0 Å². The van der Waals surface area contributed by atoms with Crippen molar-refractivity contribution in [3.63, 3.8) is 0 Å². The van der Waals surface area contributed by atoms with Gasteiger partial charge in [0.25, 0.3) is 0 Å². The SMILES string of the molecule is C[I-]OCCc1cnoc1. The summed E-state index contributed by atoms with van der Waals surface area (Å²) in [6.45, 7) is 0.797. The van der Waals surface area contributed by atoms with Crippen LogP contribution in [-0.4, -0.2) is 16.7 Å². The zero-order chi connectivity index (χ0) is 7.23. The minimum atomic E-state index is -0.0273. The molecule has 0 aliphatic carbocycles. The third kappa shape index (κ3) is 2.66. The van der Waals surface area contributed by atoms with Gasteiger partial charge in [-0.05, 0) is 0 Å². The fourth-order valence-electron chi connectivity index (χ4n) is 0.584. The van der Waals surface area contributed by atoms with Gasteiger partial charge in [-0.2, -0.15) is 0 Å². The van der Waals surface area contributed by atoms with Gasteiger partial charge in [-0.3, -0.25) is 0 Å². The van der Waals surface area contributed by atoms with E-state index in [1.54, 1.807) is 12.5 Å². The second-order valence-electron chi connectivity index (χ2n) is 1.75. The van der Waals surface area contributed by atoms with Crippen LogP contribution in [0.25, 0.3) is 0 Å². The molecule has 0 amide bonds. The summed E-state index contributed by atoms with van der Waals surface area (Å²) in [5.41, 5.74) is 1.11. The molecule has 0 N–H and O–H groups in total. The number of aromatic nitrogens is 1. The van der Waals surface area contributed by atoms with Crippen molar-refractivity contribution >= 4 is 0 Å². The molecular formula is C6H9INO2-. The summed E-state index contributed by atoms with van der Waals surface area (Å²) in [6.07, 6.45) is 4.28. The summed E-state index contributed by atoms with van der Waals surface area (Å²) >= 11 is -0.0273. The molecule has 3 nitrogen and oxygen atoms in total. The van der Waals surface area contributed by atoms with Gasteiger partial charge in [0.2, 0.25) is 0 Å². The normalized spacial score (nSPS) is 10.5. The second kappa shape index (κ2) is 4.68. The van der Waals surface area contributed by atoms with E-state index in [0.29, 0.717) is 0 Å². The van der Waals surface area contributed by atoms with E-state index in [0.717, 1.165) is 18.6 Å². The predicted octanol–water partition coefficient (Wildman–Crippen LogP) is -2.13. The van der Waals surface area contributed by atoms with Gasteiger partial charge in [-0.15, -0.1) is 0 Å². The molecule has 0 atom stereocenters. The van der Waals surface area contributed by atoms with Crippen molar-refractivity contribution in [2.75, 3.05) is 11.5 Å². The van der Waals surface area contributed by atoms with Gasteiger partial charge in [0, 0.05) is 0 Å². The summed E-state index contributed by atoms with van der Waals surface area (Å²) in [5.74, 6) is 0. The third-order valence-corrected chi connectivity index (χ3v) is 2.12. The Hall–Kier alpha value is -0.100. The van der Waals surface area contributed by atoms with Gasteiger partial charge < -0.3 is 0 Å². The zero-order valence-electron chi connectivity index (χ0n) is 5.71. The first-order valence-corrected chi connectivity index (χ1v) is 5.97. The average molecular weight is 254 g/mol. The van der Waals surface area contributed by atoms with Gasteiger partial charge in [0.05, 0.1) is 0 Å². The van der Waals surface area contributed by atoms with Crippen LogP contribution in [0.2, 0.25) is 0 Å². The van der Waals surface area contributed by atoms with Crippen LogP contribution in [0.1, 0.15) is 5.56 Å². The molecule has 1 rings (SSSR count). The van der Waals surface area contributed by atoms with Crippen LogP contribution in [0.3, 0.4) is 0 Å². The summed E-state index contributed by atoms with van der Waals surface area (Å²) in [7, 11) is 0. The van der Waals surface area contributed by atoms with Crippen molar-refractivity contribution in [3.05, 3.63) is 18.0 Å². The Labute approximate surface area is 70.5 Å². The molecule has 0 spiro atoms. The molecule has 0 saturated carbocycles. The first-order chi connectivity index (χ1) is 4.93. The summed E-state index contributed by atoms with van der Waals surface area (Å²) < 4.78 is 9.90. The number of nitrogens with zero attached hydrogens (tertiary/aromatic N) is 1. The molecular weight excluding hydrogens is 245 g/mol. The minimum absolute atomic E-state index is 0.0273. The topological polar surface area (TPSA) is 35.3 Å². The molecule has 0 aromatic carbocycles. The van der Waals surface area contributed by atoms with Gasteiger partial charge in [0.1, 0.15) is 0 Å². The van der Waals surface area contributed by atoms with Gasteiger partial charge in [-0.1, -0.05) is 0 Å². The van der Waals surface area contributed by atoms with E-state index < -0.39 is 0 Å². The number of rotatable bonds is 4. The Balaban J connectivity index is 2.15. The summed E-state index contributed by atoms with van der Waals surface area (Å²) in [4.78, 5) is 2.09. The Kier molecular flexibility index (Phi) is 3.74. The van der Waals surface area contributed by atoms with E-state index in [4.69, 9.17) is 3.07 Å². The molecule has 58 valence electrons. The van der Waals surface area contributed by atoms with Gasteiger partial charge in [-0.25, -0.2) is 0 Å². The maximum atomic E-state index is 5.25. The molecule has 1 heterocycles. The van der Waals surface area contributed by atoms with E-state index in [1.807, 2.05) is 0 Å². The third-order valence-electron chi connectivity index (χ3n) is 1.06. The van der Waals surface area contributed by atoms with Crippen LogP contribution in [0.4, 0.5) is 0 Å². The Morgan fingerprint density at radius 3 is 3.30 bits per heavy atom. The van der Waals surface area contributed by atoms with Crippen molar-refractivity contribution < 1.29 is 29.2 Å². The molecule has 4 heteroatoms. The molecule has 0 radical (unpaired) electrons. The first-order valence-electron chi connectivity index (χ1n) is 2.93. The summed E-state index contributed by atoms with van der Waals surface area (Å²) in [6, 6.07) is 0. The average Bonchev–Trinajstić information content (AvgIpc) is 2.41. The number of halogens is 1. The molecule has 0 bridgehead atoms. The Morgan fingerprint density at radius 1 is 1.80 bits per heavy atom. The van der Waals surface area contributed by atoms with E-state index >= 15 is 0 Å². The Morgan fingerprint density at radius 2 is 2.70 bits per heavy atom. The van der Waals surface area contributed by atoms with Crippen LogP contribution in [0.5, 0.6) is 0 Å². The molecule has 1 aromatic heterocycles. The molecule has 0 aliphatic rings. The fourth-order valence-corrected chi connectivity index (χ4v) is 1.24. The number of hydrogen-bond acceptors (Lipinski definition) is 3. The van der Waals surface area contributed by atoms with Crippen LogP contribution >= 0.6 is 0 Å². The second-order valence-corrected chi connectivity index (χ2v) is 3.25. The van der Waals surface area contributed by atoms with Crippen molar-refractivity contribution in [1.82, 2.24) is 5.16 Å². The zero-order valence-corrected chi connectivity index (χ0v) is 7.87. The molecule has 0 fully saturated rings. The van der Waals surface area contributed by atoms with E-state index in [-0.39, 0.29) is 21.6 Å². The quantitative estimate of drug-likeness (QED) is 0.350. The standard InChI is InChI=1S/C6H9INO2/c1-7-9-3-2-6-4-8-10-5-6/h4-5H,2-3H2,1H3/q-1. The summed E-state index contributed by atoms with van der Waals surface area (Å²) in [5, 5.41) is 3.58. The Bertz CT molecular complexity index is 164. The van der Waals surface area contributed by atoms with Crippen molar-refractivity contribution in [3.8, 4) is 0 Å². The van der Waals surface area contributed by atoms with Crippen LogP contribution in [-0.2, 0) is 9.49 Å². The van der Waals surface area contributed by atoms with Crippen LogP contribution in [0, 0.1) is 0 Å². The predicted molar refractivity (Wildman–Crippen MR) is 32.1 cm³/mol. The van der Waals surface area contributed by atoms with E-state index in [2.05, 4.69) is 14.6 Å². The number of hydrogen-bond donors (Lipinski definition) is 0. The molecule has 1 aromatic rings. The van der Waals surface area contributed by atoms with Crippen LogP contribution < -0.4 is 21.6 Å². The van der Waals surface area contributed by atoms with Crippen molar-refractivity contribution in [1.29, 1.82) is 0 Å². The molecule has 0 unspecified atom stereocenters. The molecule has 0 saturated heterocycles. The molecule has 0 aliphatic heterocycles. The fraction of sp³-hybridized carbons (Fsp3) is 0.500. The first kappa shape index (κ1) is 8.00. The molecule has 10 heavy (non-hydrogen) atoms. The van der Waals surface area contributed by atoms with Gasteiger partial charge >= 0.3 is 70.3 Å². The van der Waals surface area contributed by atoms with Crippen molar-refractivity contribution in [2.24, 2.45) is 0 Å². The monoisotopic (exact) mass is 254 g/mol. The van der Waals surface area contributed by atoms with E-state index in [1.165, 1.54) is 0 Å². The van der Waals surface area contributed by atoms with Crippen molar-refractivity contribution in [2.45, 2.75) is 6.42 Å². The number of alkyl halides is 1.